The van der Waals surface area contributed by atoms with E-state index in [4.69, 9.17) is 13.8 Å². The van der Waals surface area contributed by atoms with E-state index in [0.717, 1.165) is 77.0 Å². The highest BCUT2D eigenvalue weighted by Gasteiger charge is 2.27. The van der Waals surface area contributed by atoms with Crippen molar-refractivity contribution in [3.63, 3.8) is 0 Å². The summed E-state index contributed by atoms with van der Waals surface area (Å²) < 4.78 is 30.2. The summed E-state index contributed by atoms with van der Waals surface area (Å²) in [5.74, 6) is -0.563. The molecule has 0 aromatic carbocycles. The minimum atomic E-state index is -4.69. The molecule has 1 N–H and O–H groups in total. The largest absolute Gasteiger partial charge is 0.756 e. The number of allylic oxidation sites excluding steroid dienone is 7. The Hall–Kier alpha value is -2.03. The number of carbonyl (C=O) groups excluding carboxylic acids is 2. The van der Waals surface area contributed by atoms with Crippen LogP contribution in [0.3, 0.4) is 0 Å². The van der Waals surface area contributed by atoms with Crippen LogP contribution in [0.4, 0.5) is 0 Å². The number of phosphoric acid groups is 1. The first-order chi connectivity index (χ1) is 32.4. The third-order valence-corrected chi connectivity index (χ3v) is 13.2. The monoisotopic (exact) mass is 963 g/mol. The lowest BCUT2D eigenvalue weighted by Crippen LogP contribution is -2.47. The predicted octanol–water partition coefficient (Wildman–Crippen LogP) is 15.9. The van der Waals surface area contributed by atoms with Crippen LogP contribution < -0.4 is 10.2 Å². The van der Waals surface area contributed by atoms with Gasteiger partial charge in [-0.3, -0.25) is 14.2 Å². The second-order valence-electron chi connectivity index (χ2n) is 20.1. The van der Waals surface area contributed by atoms with E-state index in [1.807, 2.05) is 33.3 Å². The summed E-state index contributed by atoms with van der Waals surface area (Å²) >= 11 is 0. The van der Waals surface area contributed by atoms with E-state index in [9.17, 15) is 19.0 Å². The lowest BCUT2D eigenvalue weighted by atomic mass is 10.0. The number of nitrogens with one attached hydrogen (secondary N) is 1. The zero-order valence-electron chi connectivity index (χ0n) is 44.6. The Bertz CT molecular complexity index is 1290. The fourth-order valence-corrected chi connectivity index (χ4v) is 8.60. The number of nitrogens with zero attached hydrogens (tertiary/aromatic N) is 1. The van der Waals surface area contributed by atoms with Gasteiger partial charge >= 0.3 is 5.97 Å². The molecule has 9 nitrogen and oxygen atoms in total. The van der Waals surface area contributed by atoms with Crippen LogP contribution in [0.2, 0.25) is 0 Å². The molecule has 10 heteroatoms. The standard InChI is InChI=1S/C57H107N2O7P/c1-7-10-13-16-19-22-25-27-28-29-30-32-35-38-41-44-47-50-57(61)66-55(48-45-42-39-36-34-31-26-23-20-17-14-11-8-2)54(53-65-67(62,63)64-52-51-59(4,5)6)58-56(60)49-46-43-40-37-33-24-21-18-15-12-9-3/h19,22,27-28,30,32,45,48,54-55H,7-18,20-21,23-26,29,31,33-44,46-47,49-53H2,1-6H3,(H-,58,60,62,63)/b22-19-,28-27-,32-30-,48-45-. The van der Waals surface area contributed by atoms with E-state index < -0.39 is 26.6 Å². The lowest BCUT2D eigenvalue weighted by molar-refractivity contribution is -0.870. The highest BCUT2D eigenvalue weighted by Crippen LogP contribution is 2.38. The summed E-state index contributed by atoms with van der Waals surface area (Å²) in [5.41, 5.74) is 0. The van der Waals surface area contributed by atoms with Crippen LogP contribution in [0.25, 0.3) is 0 Å². The van der Waals surface area contributed by atoms with Crippen molar-refractivity contribution >= 4 is 19.7 Å². The Morgan fingerprint density at radius 2 is 0.910 bits per heavy atom. The topological polar surface area (TPSA) is 114 Å². The maximum atomic E-state index is 13.4. The highest BCUT2D eigenvalue weighted by atomic mass is 31.2. The van der Waals surface area contributed by atoms with Crippen LogP contribution in [-0.4, -0.2) is 69.4 Å². The Balaban J connectivity index is 5.41. The first kappa shape index (κ1) is 65.0. The number of quaternary nitrogens is 1. The van der Waals surface area contributed by atoms with Crippen molar-refractivity contribution in [1.82, 2.24) is 5.32 Å². The van der Waals surface area contributed by atoms with Crippen molar-refractivity contribution in [2.75, 3.05) is 40.9 Å². The number of amides is 1. The Morgan fingerprint density at radius 1 is 0.522 bits per heavy atom. The van der Waals surface area contributed by atoms with E-state index in [2.05, 4.69) is 62.5 Å². The molecule has 3 unspecified atom stereocenters. The van der Waals surface area contributed by atoms with E-state index in [1.54, 1.807) is 0 Å². The van der Waals surface area contributed by atoms with Crippen molar-refractivity contribution in [3.05, 3.63) is 48.6 Å². The average Bonchev–Trinajstić information content (AvgIpc) is 3.28. The number of rotatable bonds is 50. The average molecular weight is 963 g/mol. The number of carbonyl (C=O) groups is 2. The van der Waals surface area contributed by atoms with Gasteiger partial charge in [-0.25, -0.2) is 0 Å². The Kier molecular flexibility index (Phi) is 46.2. The van der Waals surface area contributed by atoms with E-state index in [0.29, 0.717) is 23.9 Å². The van der Waals surface area contributed by atoms with Gasteiger partial charge in [0.2, 0.25) is 5.91 Å². The summed E-state index contributed by atoms with van der Waals surface area (Å²) in [6, 6.07) is -0.893. The van der Waals surface area contributed by atoms with Gasteiger partial charge in [-0.1, -0.05) is 217 Å². The number of likely N-dealkylation sites (N-methyl/N-ethyl adjacent to an activating group) is 1. The van der Waals surface area contributed by atoms with Gasteiger partial charge in [0.15, 0.2) is 0 Å². The number of hydrogen-bond donors (Lipinski definition) is 1. The molecule has 0 bridgehead atoms. The molecule has 0 radical (unpaired) electrons. The summed E-state index contributed by atoms with van der Waals surface area (Å²) in [7, 11) is 1.17. The first-order valence-electron chi connectivity index (χ1n) is 27.9. The SMILES string of the molecule is CCCCC/C=C\C/C=C\C/C=C\CCCCCCC(=O)OC(/C=C\CCCCCCCCCCCCC)C(COP(=O)([O-])OCC[N+](C)(C)C)NC(=O)CCCCCCCCCCCCC. The minimum absolute atomic E-state index is 0.0254. The number of esters is 1. The van der Waals surface area contributed by atoms with Crippen molar-refractivity contribution < 1.29 is 37.3 Å². The second-order valence-corrected chi connectivity index (χ2v) is 21.5. The van der Waals surface area contributed by atoms with Crippen LogP contribution in [0.1, 0.15) is 252 Å². The molecule has 0 fully saturated rings. The predicted molar refractivity (Wildman–Crippen MR) is 284 cm³/mol. The van der Waals surface area contributed by atoms with Gasteiger partial charge in [-0.05, 0) is 70.3 Å². The molecule has 0 aromatic heterocycles. The number of hydrogen-bond acceptors (Lipinski definition) is 7. The van der Waals surface area contributed by atoms with E-state index in [-0.39, 0.29) is 24.9 Å². The van der Waals surface area contributed by atoms with Crippen molar-refractivity contribution in [1.29, 1.82) is 0 Å². The molecule has 392 valence electrons. The number of unbranched alkanes of at least 4 members (excludes halogenated alkanes) is 28. The smallest absolute Gasteiger partial charge is 0.306 e. The van der Waals surface area contributed by atoms with Crippen LogP contribution in [0.5, 0.6) is 0 Å². The maximum absolute atomic E-state index is 13.4. The molecular formula is C57H107N2O7P. The zero-order chi connectivity index (χ0) is 49.4. The fourth-order valence-electron chi connectivity index (χ4n) is 7.88. The maximum Gasteiger partial charge on any atom is 0.306 e. The molecule has 0 aliphatic carbocycles. The number of phosphoric ester groups is 1. The normalized spacial score (nSPS) is 14.2. The van der Waals surface area contributed by atoms with Gasteiger partial charge in [0.25, 0.3) is 7.82 Å². The molecule has 0 heterocycles. The van der Waals surface area contributed by atoms with Gasteiger partial charge in [-0.2, -0.15) is 0 Å². The lowest BCUT2D eigenvalue weighted by Gasteiger charge is -2.30. The van der Waals surface area contributed by atoms with Crippen LogP contribution >= 0.6 is 7.82 Å². The van der Waals surface area contributed by atoms with Crippen LogP contribution in [-0.2, 0) is 27.9 Å². The quantitative estimate of drug-likeness (QED) is 0.0212. The van der Waals surface area contributed by atoms with Crippen molar-refractivity contribution in [2.24, 2.45) is 0 Å². The molecule has 0 aliphatic rings. The molecule has 3 atom stereocenters. The van der Waals surface area contributed by atoms with E-state index in [1.165, 1.54) is 135 Å². The third kappa shape index (κ3) is 48.8. The van der Waals surface area contributed by atoms with Crippen LogP contribution in [0.15, 0.2) is 48.6 Å². The van der Waals surface area contributed by atoms with E-state index >= 15 is 0 Å². The minimum Gasteiger partial charge on any atom is -0.756 e. The van der Waals surface area contributed by atoms with Crippen molar-refractivity contribution in [2.45, 2.75) is 264 Å². The Morgan fingerprint density at radius 3 is 1.39 bits per heavy atom. The summed E-state index contributed by atoms with van der Waals surface area (Å²) in [5, 5.41) is 3.01. The number of ether oxygens (including phenoxy) is 1. The molecule has 0 rings (SSSR count). The second kappa shape index (κ2) is 47.6. The highest BCUT2D eigenvalue weighted by molar-refractivity contribution is 7.45. The molecule has 1 amide bonds. The Labute approximate surface area is 414 Å². The van der Waals surface area contributed by atoms with Gasteiger partial charge in [-0.15, -0.1) is 0 Å². The molecule has 0 aromatic rings. The molecule has 0 aliphatic heterocycles. The van der Waals surface area contributed by atoms with Gasteiger partial charge in [0.1, 0.15) is 19.3 Å². The third-order valence-electron chi connectivity index (χ3n) is 12.3. The van der Waals surface area contributed by atoms with Crippen molar-refractivity contribution in [3.8, 4) is 0 Å². The fraction of sp³-hybridized carbons (Fsp3) is 0.825. The molecule has 0 spiro atoms. The zero-order valence-corrected chi connectivity index (χ0v) is 45.5. The summed E-state index contributed by atoms with van der Waals surface area (Å²) in [6.07, 6.45) is 56.4. The van der Waals surface area contributed by atoms with Gasteiger partial charge in [0, 0.05) is 12.8 Å². The van der Waals surface area contributed by atoms with Gasteiger partial charge < -0.3 is 28.5 Å². The summed E-state index contributed by atoms with van der Waals surface area (Å²) in [6.45, 7) is 6.79. The van der Waals surface area contributed by atoms with Crippen LogP contribution in [0, 0.1) is 0 Å². The summed E-state index contributed by atoms with van der Waals surface area (Å²) in [4.78, 5) is 39.7. The molecular weight excluding hydrogens is 856 g/mol. The molecule has 0 saturated carbocycles. The van der Waals surface area contributed by atoms with Gasteiger partial charge in [0.05, 0.1) is 33.8 Å². The first-order valence-corrected chi connectivity index (χ1v) is 29.4. The molecule has 0 saturated heterocycles. The molecule has 67 heavy (non-hydrogen) atoms.